The van der Waals surface area contributed by atoms with Crippen LogP contribution in [0.4, 0.5) is 0 Å². The quantitative estimate of drug-likeness (QED) is 0.104. The minimum atomic E-state index is 0.141. The van der Waals surface area contributed by atoms with Crippen molar-refractivity contribution >= 4 is 90.3 Å². The van der Waals surface area contributed by atoms with Crippen LogP contribution in [0, 0.1) is 0 Å². The number of hydrogen-bond acceptors (Lipinski definition) is 0. The summed E-state index contributed by atoms with van der Waals surface area (Å²) in [5.41, 5.74) is 5.92. The van der Waals surface area contributed by atoms with E-state index in [1.54, 1.807) is 0 Å². The van der Waals surface area contributed by atoms with Crippen molar-refractivity contribution in [2.45, 2.75) is 0 Å². The Morgan fingerprint density at radius 2 is 0.854 bits per heavy atom. The average molecular weight is 629 g/mol. The normalized spacial score (nSPS) is 11.5. The molecule has 198 valence electrons. The molecule has 7 aromatic rings. The van der Waals surface area contributed by atoms with Crippen molar-refractivity contribution in [3.63, 3.8) is 0 Å². The summed E-state index contributed by atoms with van der Waals surface area (Å²) in [4.78, 5) is 0. The predicted molar refractivity (Wildman–Crippen MR) is 180 cm³/mol. The summed E-state index contributed by atoms with van der Waals surface area (Å²) < 4.78 is 0. The molecule has 0 aliphatic heterocycles. The highest BCUT2D eigenvalue weighted by Gasteiger charge is 2.23. The second kappa shape index (κ2) is 10.6. The lowest BCUT2D eigenvalue weighted by Crippen LogP contribution is -1.93. The maximum Gasteiger partial charge on any atom is 0.0809 e. The minimum Gasteiger partial charge on any atom is -0.0819 e. The Balaban J connectivity index is 1.67. The van der Waals surface area contributed by atoms with Crippen LogP contribution in [0.3, 0.4) is 0 Å². The summed E-state index contributed by atoms with van der Waals surface area (Å²) in [7, 11) is 0. The molecule has 0 heterocycles. The first-order valence-electron chi connectivity index (χ1n) is 13.0. The van der Waals surface area contributed by atoms with Crippen molar-refractivity contribution in [3.05, 3.63) is 140 Å². The first kappa shape index (κ1) is 26.7. The Hall–Kier alpha value is -3.23. The molecule has 0 saturated carbocycles. The van der Waals surface area contributed by atoms with Crippen LogP contribution < -0.4 is 0 Å². The fourth-order valence-corrected chi connectivity index (χ4v) is 7.20. The van der Waals surface area contributed by atoms with E-state index in [1.807, 2.05) is 12.1 Å². The van der Waals surface area contributed by atoms with Gasteiger partial charge in [-0.2, -0.15) is 0 Å². The van der Waals surface area contributed by atoms with Gasteiger partial charge in [-0.15, -0.1) is 0 Å². The summed E-state index contributed by atoms with van der Waals surface area (Å²) in [6, 6.07) is 40.3. The molecule has 0 nitrogen and oxygen atoms in total. The van der Waals surface area contributed by atoms with E-state index in [-0.39, 0.29) is 25.1 Å². The van der Waals surface area contributed by atoms with E-state index in [9.17, 15) is 0 Å². The molecule has 0 fully saturated rings. The van der Waals surface area contributed by atoms with E-state index in [0.717, 1.165) is 32.8 Å². The van der Waals surface area contributed by atoms with Gasteiger partial charge < -0.3 is 0 Å². The molecular weight excluding hydrogens is 610 g/mol. The standard InChI is InChI=1S/C36H19Cl5/c37-32-30(33(38)35(40)36(41)34(32)39)22-17-18-27-28(19-22)29(21-10-2-1-3-11-21)25-14-6-7-15-26(25)31(27)24-16-8-12-20-9-4-5-13-23(20)24/h1-19H. The van der Waals surface area contributed by atoms with Gasteiger partial charge in [0.2, 0.25) is 0 Å². The monoisotopic (exact) mass is 626 g/mol. The molecule has 0 atom stereocenters. The molecule has 7 aromatic carbocycles. The smallest absolute Gasteiger partial charge is 0.0809 e. The molecule has 0 aliphatic carbocycles. The molecule has 0 aromatic heterocycles. The van der Waals surface area contributed by atoms with Crippen molar-refractivity contribution in [1.29, 1.82) is 0 Å². The largest absolute Gasteiger partial charge is 0.0819 e. The highest BCUT2D eigenvalue weighted by Crippen LogP contribution is 2.51. The van der Waals surface area contributed by atoms with Crippen LogP contribution in [0.1, 0.15) is 0 Å². The Kier molecular flexibility index (Phi) is 6.86. The second-order valence-corrected chi connectivity index (χ2v) is 11.8. The third-order valence-corrected chi connectivity index (χ3v) is 9.92. The van der Waals surface area contributed by atoms with Gasteiger partial charge in [0.15, 0.2) is 0 Å². The average Bonchev–Trinajstić information content (AvgIpc) is 3.02. The van der Waals surface area contributed by atoms with Crippen LogP contribution in [0.15, 0.2) is 115 Å². The summed E-state index contributed by atoms with van der Waals surface area (Å²) in [5, 5.41) is 7.91. The van der Waals surface area contributed by atoms with Crippen LogP contribution in [0.5, 0.6) is 0 Å². The van der Waals surface area contributed by atoms with E-state index >= 15 is 0 Å². The number of hydrogen-bond donors (Lipinski definition) is 0. The first-order chi connectivity index (χ1) is 20.0. The van der Waals surface area contributed by atoms with E-state index in [0.29, 0.717) is 5.56 Å². The molecular formula is C36H19Cl5. The minimum absolute atomic E-state index is 0.141. The van der Waals surface area contributed by atoms with Gasteiger partial charge in [0, 0.05) is 5.56 Å². The topological polar surface area (TPSA) is 0 Å². The second-order valence-electron chi connectivity index (χ2n) is 9.89. The molecule has 0 aliphatic rings. The van der Waals surface area contributed by atoms with Crippen molar-refractivity contribution in [1.82, 2.24) is 0 Å². The third-order valence-electron chi connectivity index (χ3n) is 7.64. The van der Waals surface area contributed by atoms with E-state index < -0.39 is 0 Å². The molecule has 5 heteroatoms. The fraction of sp³-hybridized carbons (Fsp3) is 0. The van der Waals surface area contributed by atoms with Crippen LogP contribution in [-0.4, -0.2) is 0 Å². The van der Waals surface area contributed by atoms with Crippen LogP contribution in [0.2, 0.25) is 25.1 Å². The lowest BCUT2D eigenvalue weighted by atomic mass is 9.84. The van der Waals surface area contributed by atoms with E-state index in [1.165, 1.54) is 27.3 Å². The number of halogens is 5. The van der Waals surface area contributed by atoms with Gasteiger partial charge in [0.05, 0.1) is 25.1 Å². The molecule has 0 bridgehead atoms. The molecule has 0 spiro atoms. The van der Waals surface area contributed by atoms with Crippen LogP contribution in [-0.2, 0) is 0 Å². The van der Waals surface area contributed by atoms with Gasteiger partial charge in [-0.1, -0.05) is 167 Å². The Bertz CT molecular complexity index is 2110. The predicted octanol–water partition coefficient (Wildman–Crippen LogP) is 13.4. The summed E-state index contributed by atoms with van der Waals surface area (Å²) in [6.45, 7) is 0. The third kappa shape index (κ3) is 4.29. The van der Waals surface area contributed by atoms with Gasteiger partial charge >= 0.3 is 0 Å². The van der Waals surface area contributed by atoms with Crippen LogP contribution in [0.25, 0.3) is 65.7 Å². The van der Waals surface area contributed by atoms with Gasteiger partial charge in [0.1, 0.15) is 0 Å². The van der Waals surface area contributed by atoms with Crippen molar-refractivity contribution in [2.24, 2.45) is 0 Å². The molecule has 0 unspecified atom stereocenters. The lowest BCUT2D eigenvalue weighted by Gasteiger charge is -2.20. The first-order valence-corrected chi connectivity index (χ1v) is 14.9. The summed E-state index contributed by atoms with van der Waals surface area (Å²) >= 11 is 32.8. The highest BCUT2D eigenvalue weighted by atomic mass is 35.5. The number of benzene rings is 7. The maximum atomic E-state index is 6.75. The van der Waals surface area contributed by atoms with E-state index in [4.69, 9.17) is 58.0 Å². The zero-order valence-corrected chi connectivity index (χ0v) is 25.1. The Morgan fingerprint density at radius 1 is 0.317 bits per heavy atom. The number of rotatable bonds is 3. The molecule has 41 heavy (non-hydrogen) atoms. The van der Waals surface area contributed by atoms with E-state index in [2.05, 4.69) is 103 Å². The van der Waals surface area contributed by atoms with Crippen molar-refractivity contribution in [2.75, 3.05) is 0 Å². The fourth-order valence-electron chi connectivity index (χ4n) is 5.84. The highest BCUT2D eigenvalue weighted by molar-refractivity contribution is 6.56. The SMILES string of the molecule is Clc1c(Cl)c(Cl)c(-c2ccc3c(-c4cccc5ccccc45)c4ccccc4c(-c4ccccc4)c3c2)c(Cl)c1Cl. The van der Waals surface area contributed by atoms with Gasteiger partial charge in [-0.25, -0.2) is 0 Å². The zero-order chi connectivity index (χ0) is 28.2. The molecule has 0 amide bonds. The maximum absolute atomic E-state index is 6.75. The molecule has 0 radical (unpaired) electrons. The van der Waals surface area contributed by atoms with Gasteiger partial charge in [-0.05, 0) is 66.2 Å². The number of fused-ring (bicyclic) bond motifs is 3. The Morgan fingerprint density at radius 3 is 1.56 bits per heavy atom. The van der Waals surface area contributed by atoms with Crippen molar-refractivity contribution in [3.8, 4) is 33.4 Å². The van der Waals surface area contributed by atoms with Gasteiger partial charge in [0.25, 0.3) is 0 Å². The zero-order valence-electron chi connectivity index (χ0n) is 21.4. The molecule has 0 N–H and O–H groups in total. The Labute approximate surface area is 262 Å². The van der Waals surface area contributed by atoms with Gasteiger partial charge in [-0.3, -0.25) is 0 Å². The molecule has 0 saturated heterocycles. The van der Waals surface area contributed by atoms with Crippen molar-refractivity contribution < 1.29 is 0 Å². The van der Waals surface area contributed by atoms with Crippen LogP contribution >= 0.6 is 58.0 Å². The summed E-state index contributed by atoms with van der Waals surface area (Å²) in [6.07, 6.45) is 0. The molecule has 7 rings (SSSR count). The summed E-state index contributed by atoms with van der Waals surface area (Å²) in [5.74, 6) is 0. The lowest BCUT2D eigenvalue weighted by molar-refractivity contribution is 1.63.